The minimum Gasteiger partial charge on any atom is -0.507 e. The summed E-state index contributed by atoms with van der Waals surface area (Å²) in [6, 6.07) is 12.6. The number of phenols is 1. The third-order valence-electron chi connectivity index (χ3n) is 3.53. The van der Waals surface area contributed by atoms with E-state index in [0.29, 0.717) is 5.56 Å². The van der Waals surface area contributed by atoms with Gasteiger partial charge in [-0.15, -0.1) is 0 Å². The first-order valence-corrected chi connectivity index (χ1v) is 8.06. The molecule has 24 heavy (non-hydrogen) atoms. The normalized spacial score (nSPS) is 11.2. The molecule has 0 aliphatic carbocycles. The first kappa shape index (κ1) is 16.2. The molecule has 1 aromatic heterocycles. The van der Waals surface area contributed by atoms with E-state index in [1.165, 1.54) is 6.21 Å². The number of hydrogen-bond donors (Lipinski definition) is 2. The van der Waals surface area contributed by atoms with E-state index in [1.54, 1.807) is 18.2 Å². The highest BCUT2D eigenvalue weighted by Crippen LogP contribution is 2.20. The van der Waals surface area contributed by atoms with Gasteiger partial charge in [-0.05, 0) is 37.3 Å². The van der Waals surface area contributed by atoms with E-state index in [9.17, 15) is 9.90 Å². The second kappa shape index (κ2) is 6.84. The van der Waals surface area contributed by atoms with Gasteiger partial charge in [0.25, 0.3) is 5.91 Å². The molecular formula is C17H15BrN4O2. The Labute approximate surface area is 147 Å². The van der Waals surface area contributed by atoms with E-state index in [2.05, 4.69) is 31.4 Å². The summed E-state index contributed by atoms with van der Waals surface area (Å²) in [5, 5.41) is 13.6. The lowest BCUT2D eigenvalue weighted by molar-refractivity contribution is -0.121. The topological polar surface area (TPSA) is 79.5 Å². The zero-order valence-corrected chi connectivity index (χ0v) is 14.5. The lowest BCUT2D eigenvalue weighted by Gasteiger charge is -2.05. The van der Waals surface area contributed by atoms with Crippen molar-refractivity contribution in [2.75, 3.05) is 0 Å². The van der Waals surface area contributed by atoms with E-state index in [0.717, 1.165) is 21.3 Å². The maximum atomic E-state index is 12.1. The third kappa shape index (κ3) is 3.46. The average molecular weight is 387 g/mol. The summed E-state index contributed by atoms with van der Waals surface area (Å²) in [6.07, 6.45) is 1.40. The molecule has 0 saturated heterocycles. The number of aromatic hydroxyl groups is 1. The fraction of sp³-hybridized carbons (Fsp3) is 0.118. The molecular weight excluding hydrogens is 372 g/mol. The summed E-state index contributed by atoms with van der Waals surface area (Å²) in [4.78, 5) is 16.5. The molecule has 3 rings (SSSR count). The van der Waals surface area contributed by atoms with Gasteiger partial charge in [0.15, 0.2) is 0 Å². The van der Waals surface area contributed by atoms with Gasteiger partial charge in [0.1, 0.15) is 18.1 Å². The number of carbonyl (C=O) groups is 1. The smallest absolute Gasteiger partial charge is 0.260 e. The first-order valence-electron chi connectivity index (χ1n) is 7.27. The number of nitrogens with one attached hydrogen (secondary N) is 1. The van der Waals surface area contributed by atoms with Crippen LogP contribution in [0, 0.1) is 6.92 Å². The lowest BCUT2D eigenvalue weighted by atomic mass is 10.2. The van der Waals surface area contributed by atoms with Crippen molar-refractivity contribution in [2.45, 2.75) is 13.5 Å². The zero-order valence-electron chi connectivity index (χ0n) is 12.9. The molecule has 1 amide bonds. The van der Waals surface area contributed by atoms with Crippen LogP contribution in [-0.2, 0) is 11.3 Å². The number of rotatable bonds is 4. The van der Waals surface area contributed by atoms with E-state index < -0.39 is 0 Å². The largest absolute Gasteiger partial charge is 0.507 e. The number of aryl methyl sites for hydroxylation is 1. The number of fused-ring (bicyclic) bond motifs is 1. The fourth-order valence-electron chi connectivity index (χ4n) is 2.38. The monoisotopic (exact) mass is 386 g/mol. The highest BCUT2D eigenvalue weighted by molar-refractivity contribution is 9.10. The van der Waals surface area contributed by atoms with Crippen molar-refractivity contribution < 1.29 is 9.90 Å². The van der Waals surface area contributed by atoms with Crippen molar-refractivity contribution >= 4 is 39.1 Å². The molecule has 2 aromatic carbocycles. The summed E-state index contributed by atoms with van der Waals surface area (Å²) in [5.41, 5.74) is 4.73. The van der Waals surface area contributed by atoms with Crippen LogP contribution >= 0.6 is 15.9 Å². The molecule has 0 unspecified atom stereocenters. The molecule has 2 N–H and O–H groups in total. The Kier molecular flexibility index (Phi) is 4.61. The fourth-order valence-corrected chi connectivity index (χ4v) is 2.76. The number of benzene rings is 2. The lowest BCUT2D eigenvalue weighted by Crippen LogP contribution is -2.23. The Hall–Kier alpha value is -2.67. The number of aromatic nitrogens is 2. The molecule has 1 heterocycles. The number of amides is 1. The molecule has 122 valence electrons. The Balaban J connectivity index is 1.70. The van der Waals surface area contributed by atoms with E-state index in [4.69, 9.17) is 0 Å². The van der Waals surface area contributed by atoms with Gasteiger partial charge in [0.2, 0.25) is 0 Å². The van der Waals surface area contributed by atoms with Gasteiger partial charge in [-0.2, -0.15) is 5.10 Å². The molecule has 7 heteroatoms. The zero-order chi connectivity index (χ0) is 17.1. The van der Waals surface area contributed by atoms with Crippen molar-refractivity contribution in [3.8, 4) is 5.75 Å². The van der Waals surface area contributed by atoms with Crippen LogP contribution in [0.1, 0.15) is 11.4 Å². The van der Waals surface area contributed by atoms with Crippen LogP contribution in [-0.4, -0.2) is 26.8 Å². The molecule has 0 atom stereocenters. The molecule has 3 aromatic rings. The maximum absolute atomic E-state index is 12.1. The predicted molar refractivity (Wildman–Crippen MR) is 96.0 cm³/mol. The first-order chi connectivity index (χ1) is 11.5. The summed E-state index contributed by atoms with van der Waals surface area (Å²) in [7, 11) is 0. The third-order valence-corrected chi connectivity index (χ3v) is 4.02. The molecule has 0 aliphatic rings. The summed E-state index contributed by atoms with van der Waals surface area (Å²) in [5.74, 6) is 0.583. The Morgan fingerprint density at radius 3 is 3.00 bits per heavy atom. The van der Waals surface area contributed by atoms with Crippen LogP contribution in [0.25, 0.3) is 11.0 Å². The maximum Gasteiger partial charge on any atom is 0.260 e. The molecule has 0 radical (unpaired) electrons. The second-order valence-electron chi connectivity index (χ2n) is 5.23. The van der Waals surface area contributed by atoms with Crippen LogP contribution in [0.3, 0.4) is 0 Å². The van der Waals surface area contributed by atoms with Gasteiger partial charge < -0.3 is 9.67 Å². The van der Waals surface area contributed by atoms with Crippen molar-refractivity contribution in [2.24, 2.45) is 5.10 Å². The highest BCUT2D eigenvalue weighted by atomic mass is 79.9. The van der Waals surface area contributed by atoms with E-state index >= 15 is 0 Å². The quantitative estimate of drug-likeness (QED) is 0.534. The van der Waals surface area contributed by atoms with Gasteiger partial charge in [-0.1, -0.05) is 28.1 Å². The van der Waals surface area contributed by atoms with Crippen LogP contribution < -0.4 is 5.43 Å². The number of para-hydroxylation sites is 2. The van der Waals surface area contributed by atoms with Gasteiger partial charge in [-0.25, -0.2) is 10.4 Å². The van der Waals surface area contributed by atoms with Crippen LogP contribution in [0.5, 0.6) is 5.75 Å². The SMILES string of the molecule is Cc1nc2ccccc2n1CC(=O)NN=Cc1cc(Br)ccc1O. The number of carbonyl (C=O) groups excluding carboxylic acids is 1. The van der Waals surface area contributed by atoms with Gasteiger partial charge in [-0.3, -0.25) is 4.79 Å². The number of imidazole rings is 1. The van der Waals surface area contributed by atoms with Crippen molar-refractivity contribution in [1.82, 2.24) is 15.0 Å². The van der Waals surface area contributed by atoms with E-state index in [-0.39, 0.29) is 18.2 Å². The number of nitrogens with zero attached hydrogens (tertiary/aromatic N) is 3. The van der Waals surface area contributed by atoms with Crippen LogP contribution in [0.15, 0.2) is 52.0 Å². The molecule has 0 bridgehead atoms. The minimum absolute atomic E-state index is 0.0904. The number of phenolic OH excluding ortho intramolecular Hbond substituents is 1. The predicted octanol–water partition coefficient (Wildman–Crippen LogP) is 2.96. The molecule has 0 saturated carbocycles. The number of hydrogen-bond acceptors (Lipinski definition) is 4. The van der Waals surface area contributed by atoms with Crippen molar-refractivity contribution in [1.29, 1.82) is 0 Å². The van der Waals surface area contributed by atoms with E-state index in [1.807, 2.05) is 35.8 Å². The number of halogens is 1. The Morgan fingerprint density at radius 2 is 2.17 bits per heavy atom. The summed E-state index contributed by atoms with van der Waals surface area (Å²) in [6.45, 7) is 1.98. The standard InChI is InChI=1S/C17H15BrN4O2/c1-11-20-14-4-2-3-5-15(14)22(11)10-17(24)21-19-9-12-8-13(18)6-7-16(12)23/h2-9,23H,10H2,1H3,(H,21,24). The van der Waals surface area contributed by atoms with Crippen LogP contribution in [0.4, 0.5) is 0 Å². The number of hydrazone groups is 1. The molecule has 0 fully saturated rings. The van der Waals surface area contributed by atoms with Crippen LogP contribution in [0.2, 0.25) is 0 Å². The second-order valence-corrected chi connectivity index (χ2v) is 6.15. The van der Waals surface area contributed by atoms with Crippen molar-refractivity contribution in [3.05, 3.63) is 58.3 Å². The van der Waals surface area contributed by atoms with Crippen molar-refractivity contribution in [3.63, 3.8) is 0 Å². The molecule has 0 aliphatic heterocycles. The van der Waals surface area contributed by atoms with Gasteiger partial charge in [0.05, 0.1) is 17.2 Å². The molecule has 0 spiro atoms. The molecule has 6 nitrogen and oxygen atoms in total. The summed E-state index contributed by atoms with van der Waals surface area (Å²) >= 11 is 3.32. The Bertz CT molecular complexity index is 933. The van der Waals surface area contributed by atoms with Gasteiger partial charge >= 0.3 is 0 Å². The minimum atomic E-state index is -0.271. The summed E-state index contributed by atoms with van der Waals surface area (Å²) < 4.78 is 2.64. The van der Waals surface area contributed by atoms with Gasteiger partial charge in [0, 0.05) is 10.0 Å². The highest BCUT2D eigenvalue weighted by Gasteiger charge is 2.10. The average Bonchev–Trinajstić information content (AvgIpc) is 2.87. The Morgan fingerprint density at radius 1 is 1.38 bits per heavy atom.